The van der Waals surface area contributed by atoms with Gasteiger partial charge in [0.15, 0.2) is 0 Å². The van der Waals surface area contributed by atoms with Crippen LogP contribution in [0.2, 0.25) is 0 Å². The van der Waals surface area contributed by atoms with Crippen molar-refractivity contribution in [1.82, 2.24) is 0 Å². The SMILES string of the molecule is CCC[C@H](O)CC=C(C)C=CC=C(C)C=C(C)C=C(C(=O)O)[C@H]1CCCC(=O)O[C@@H](C(C)C)CC=CC[C@@H]1C. The molecule has 4 atom stereocenters. The number of rotatable bonds is 11. The first kappa shape index (κ1) is 34.4. The lowest BCUT2D eigenvalue weighted by molar-refractivity contribution is -0.151. The molecule has 0 fully saturated rings. The number of aliphatic hydroxyl groups excluding tert-OH is 1. The number of allylic oxidation sites excluding steroid dienone is 9. The van der Waals surface area contributed by atoms with Gasteiger partial charge in [0.25, 0.3) is 0 Å². The fourth-order valence-corrected chi connectivity index (χ4v) is 4.82. The lowest BCUT2D eigenvalue weighted by atomic mass is 9.80. The maximum Gasteiger partial charge on any atom is 0.331 e. The van der Waals surface area contributed by atoms with Crippen LogP contribution in [0.1, 0.15) is 99.8 Å². The van der Waals surface area contributed by atoms with Crippen LogP contribution in [0.15, 0.2) is 70.9 Å². The van der Waals surface area contributed by atoms with Crippen LogP contribution in [0.25, 0.3) is 0 Å². The Bertz CT molecular complexity index is 960. The zero-order valence-corrected chi connectivity index (χ0v) is 25.3. The number of carbonyl (C=O) groups is 2. The molecular weight excluding hydrogens is 488 g/mol. The Hall–Kier alpha value is -2.66. The molecule has 0 bridgehead atoms. The van der Waals surface area contributed by atoms with Crippen LogP contribution in [-0.4, -0.2) is 34.4 Å². The highest BCUT2D eigenvalue weighted by molar-refractivity contribution is 5.88. The van der Waals surface area contributed by atoms with Crippen LogP contribution in [-0.2, 0) is 14.3 Å². The Morgan fingerprint density at radius 3 is 2.44 bits per heavy atom. The summed E-state index contributed by atoms with van der Waals surface area (Å²) in [4.78, 5) is 24.8. The molecule has 0 amide bonds. The van der Waals surface area contributed by atoms with E-state index in [1.54, 1.807) is 6.08 Å². The lowest BCUT2D eigenvalue weighted by Crippen LogP contribution is -2.24. The molecule has 5 heteroatoms. The number of carboxylic acids is 1. The number of esters is 1. The zero-order valence-electron chi connectivity index (χ0n) is 25.3. The largest absolute Gasteiger partial charge is 0.478 e. The molecule has 0 radical (unpaired) electrons. The molecule has 2 N–H and O–H groups in total. The van der Waals surface area contributed by atoms with Crippen LogP contribution in [0.3, 0.4) is 0 Å². The van der Waals surface area contributed by atoms with Crippen molar-refractivity contribution in [3.05, 3.63) is 70.9 Å². The van der Waals surface area contributed by atoms with Crippen molar-refractivity contribution < 1.29 is 24.5 Å². The van der Waals surface area contributed by atoms with Crippen molar-refractivity contribution in [1.29, 1.82) is 0 Å². The minimum absolute atomic E-state index is 0.119. The third-order valence-electron chi connectivity index (χ3n) is 7.19. The van der Waals surface area contributed by atoms with Gasteiger partial charge in [0.2, 0.25) is 0 Å². The summed E-state index contributed by atoms with van der Waals surface area (Å²) in [5.41, 5.74) is 3.37. The average molecular weight is 541 g/mol. The predicted molar refractivity (Wildman–Crippen MR) is 161 cm³/mol. The number of carboxylic acid groups (broad SMARTS) is 1. The number of aliphatic hydroxyl groups is 1. The fourth-order valence-electron chi connectivity index (χ4n) is 4.82. The standard InChI is InChI=1S/C34H52O5/c1-8-13-29(35)21-20-25(4)14-11-15-26(5)22-27(6)23-31(34(37)38)30-17-12-19-33(36)39-32(24(2)3)18-10-9-16-28(30)7/h9-11,14-15,20,22-24,28-30,32,35H,8,12-13,16-19,21H2,1-7H3,(H,37,38)/t28-,29-,30-,32+/m0/s1. The van der Waals surface area contributed by atoms with Crippen LogP contribution >= 0.6 is 0 Å². The molecular formula is C34H52O5. The second-order valence-corrected chi connectivity index (χ2v) is 11.4. The van der Waals surface area contributed by atoms with Crippen LogP contribution < -0.4 is 0 Å². The van der Waals surface area contributed by atoms with E-state index in [9.17, 15) is 19.8 Å². The Labute approximate surface area is 237 Å². The van der Waals surface area contributed by atoms with Gasteiger partial charge in [-0.3, -0.25) is 4.79 Å². The Morgan fingerprint density at radius 2 is 1.79 bits per heavy atom. The molecule has 39 heavy (non-hydrogen) atoms. The highest BCUT2D eigenvalue weighted by atomic mass is 16.5. The van der Waals surface area contributed by atoms with Gasteiger partial charge >= 0.3 is 11.9 Å². The maximum absolute atomic E-state index is 12.4. The second-order valence-electron chi connectivity index (χ2n) is 11.4. The molecule has 1 heterocycles. The maximum atomic E-state index is 12.4. The van der Waals surface area contributed by atoms with Gasteiger partial charge in [-0.2, -0.15) is 0 Å². The summed E-state index contributed by atoms with van der Waals surface area (Å²) in [5, 5.41) is 20.0. The van der Waals surface area contributed by atoms with Crippen molar-refractivity contribution in [2.24, 2.45) is 17.8 Å². The Kier molecular flexibility index (Phi) is 16.4. The summed E-state index contributed by atoms with van der Waals surface area (Å²) in [6, 6.07) is 0. The van der Waals surface area contributed by atoms with E-state index in [2.05, 4.69) is 39.8 Å². The molecule has 0 spiro atoms. The van der Waals surface area contributed by atoms with E-state index in [1.807, 2.05) is 51.2 Å². The van der Waals surface area contributed by atoms with Gasteiger partial charge in [0.05, 0.1) is 6.10 Å². The number of hydrogen-bond donors (Lipinski definition) is 2. The van der Waals surface area contributed by atoms with Gasteiger partial charge in [-0.15, -0.1) is 0 Å². The zero-order chi connectivity index (χ0) is 29.4. The van der Waals surface area contributed by atoms with Crippen molar-refractivity contribution in [2.45, 2.75) is 112 Å². The minimum Gasteiger partial charge on any atom is -0.478 e. The number of ether oxygens (including phenoxy) is 1. The molecule has 0 aliphatic carbocycles. The molecule has 0 saturated carbocycles. The number of carbonyl (C=O) groups excluding carboxylic acids is 1. The Balaban J connectivity index is 3.05. The first-order chi connectivity index (χ1) is 18.4. The molecule has 0 saturated heterocycles. The van der Waals surface area contributed by atoms with Crippen LogP contribution in [0, 0.1) is 17.8 Å². The lowest BCUT2D eigenvalue weighted by Gasteiger charge is -2.26. The van der Waals surface area contributed by atoms with E-state index < -0.39 is 5.97 Å². The topological polar surface area (TPSA) is 83.8 Å². The predicted octanol–water partition coefficient (Wildman–Crippen LogP) is 8.28. The highest BCUT2D eigenvalue weighted by Gasteiger charge is 2.27. The molecule has 0 aromatic carbocycles. The van der Waals surface area contributed by atoms with E-state index in [-0.39, 0.29) is 35.9 Å². The Morgan fingerprint density at radius 1 is 1.10 bits per heavy atom. The number of cyclic esters (lactones) is 1. The molecule has 1 aliphatic heterocycles. The summed E-state index contributed by atoms with van der Waals surface area (Å²) in [5.74, 6) is -0.896. The summed E-state index contributed by atoms with van der Waals surface area (Å²) in [7, 11) is 0. The van der Waals surface area contributed by atoms with Crippen molar-refractivity contribution in [3.8, 4) is 0 Å². The van der Waals surface area contributed by atoms with Crippen LogP contribution in [0.4, 0.5) is 0 Å². The van der Waals surface area contributed by atoms with E-state index >= 15 is 0 Å². The highest BCUT2D eigenvalue weighted by Crippen LogP contribution is 2.31. The molecule has 1 rings (SSSR count). The molecule has 0 aromatic rings. The summed E-state index contributed by atoms with van der Waals surface area (Å²) < 4.78 is 5.69. The molecule has 1 aliphatic rings. The van der Waals surface area contributed by atoms with E-state index in [1.165, 1.54) is 0 Å². The van der Waals surface area contributed by atoms with Gasteiger partial charge in [-0.25, -0.2) is 4.79 Å². The third-order valence-corrected chi connectivity index (χ3v) is 7.19. The average Bonchev–Trinajstić information content (AvgIpc) is 2.85. The number of hydrogen-bond acceptors (Lipinski definition) is 4. The van der Waals surface area contributed by atoms with E-state index in [0.717, 1.165) is 36.0 Å². The molecule has 5 nitrogen and oxygen atoms in total. The number of aliphatic carboxylic acids is 1. The quantitative estimate of drug-likeness (QED) is 0.119. The first-order valence-electron chi connectivity index (χ1n) is 14.6. The van der Waals surface area contributed by atoms with E-state index in [4.69, 9.17) is 4.74 Å². The third kappa shape index (κ3) is 14.3. The molecule has 0 unspecified atom stereocenters. The molecule has 0 aromatic heterocycles. The van der Waals surface area contributed by atoms with Gasteiger partial charge in [0.1, 0.15) is 6.10 Å². The van der Waals surface area contributed by atoms with E-state index in [0.29, 0.717) is 37.7 Å². The summed E-state index contributed by atoms with van der Waals surface area (Å²) in [6.45, 7) is 14.2. The fraction of sp³-hybridized carbons (Fsp3) is 0.588. The van der Waals surface area contributed by atoms with Gasteiger partial charge < -0.3 is 14.9 Å². The smallest absolute Gasteiger partial charge is 0.331 e. The van der Waals surface area contributed by atoms with Crippen molar-refractivity contribution in [3.63, 3.8) is 0 Å². The first-order valence-corrected chi connectivity index (χ1v) is 14.6. The van der Waals surface area contributed by atoms with Crippen molar-refractivity contribution in [2.75, 3.05) is 0 Å². The van der Waals surface area contributed by atoms with Crippen LogP contribution in [0.5, 0.6) is 0 Å². The summed E-state index contributed by atoms with van der Waals surface area (Å²) in [6.07, 6.45) is 21.0. The second kappa shape index (κ2) is 18.6. The van der Waals surface area contributed by atoms with Gasteiger partial charge in [0, 0.05) is 18.4 Å². The summed E-state index contributed by atoms with van der Waals surface area (Å²) >= 11 is 0. The normalized spacial score (nSPS) is 23.9. The van der Waals surface area contributed by atoms with Gasteiger partial charge in [-0.05, 0) is 76.7 Å². The minimum atomic E-state index is -0.911. The monoisotopic (exact) mass is 540 g/mol. The van der Waals surface area contributed by atoms with Gasteiger partial charge in [-0.1, -0.05) is 93.4 Å². The van der Waals surface area contributed by atoms with Crippen molar-refractivity contribution >= 4 is 11.9 Å². The molecule has 218 valence electrons.